The van der Waals surface area contributed by atoms with Crippen molar-refractivity contribution >= 4 is 24.0 Å². The average Bonchev–Trinajstić information content (AvgIpc) is 2.80. The van der Waals surface area contributed by atoms with Gasteiger partial charge in [-0.05, 0) is 68.5 Å². The van der Waals surface area contributed by atoms with Crippen LogP contribution in [0.5, 0.6) is 0 Å². The summed E-state index contributed by atoms with van der Waals surface area (Å²) in [5, 5.41) is 7.03. The van der Waals surface area contributed by atoms with Gasteiger partial charge in [0, 0.05) is 63.0 Å². The molecule has 2 heterocycles. The van der Waals surface area contributed by atoms with Gasteiger partial charge >= 0.3 is 0 Å². The van der Waals surface area contributed by atoms with Crippen molar-refractivity contribution in [3.63, 3.8) is 0 Å². The fourth-order valence-electron chi connectivity index (χ4n) is 5.10. The van der Waals surface area contributed by atoms with Crippen molar-refractivity contribution in [3.05, 3.63) is 65.5 Å². The van der Waals surface area contributed by atoms with Crippen LogP contribution in [0.4, 0.5) is 10.1 Å². The second-order valence-electron chi connectivity index (χ2n) is 9.79. The largest absolute Gasteiger partial charge is 0.382 e. The maximum atomic E-state index is 13.1. The molecule has 2 saturated heterocycles. The molecule has 0 spiro atoms. The summed E-state index contributed by atoms with van der Waals surface area (Å²) in [6.45, 7) is 9.18. The molecule has 2 fully saturated rings. The van der Waals surface area contributed by atoms with Crippen molar-refractivity contribution in [2.24, 2.45) is 0 Å². The molecule has 2 N–H and O–H groups in total. The molecule has 5 nitrogen and oxygen atoms in total. The summed E-state index contributed by atoms with van der Waals surface area (Å²) in [5.41, 5.74) is 3.50. The number of nitrogens with zero attached hydrogens (tertiary/aromatic N) is 2. The van der Waals surface area contributed by atoms with Crippen LogP contribution in [0.1, 0.15) is 44.2 Å². The summed E-state index contributed by atoms with van der Waals surface area (Å²) in [6, 6.07) is 16.6. The molecule has 2 aliphatic rings. The SMILES string of the molecule is C[C@@H]1CN(Cc2ccc(CCC(=O)N3CCC(Nc4ccc(F)cc4)CC3)cc2)C[C@H](C)N1.Cl. The van der Waals surface area contributed by atoms with Gasteiger partial charge in [0.05, 0.1) is 0 Å². The molecule has 0 saturated carbocycles. The number of likely N-dealkylation sites (tertiary alicyclic amines) is 1. The van der Waals surface area contributed by atoms with Crippen LogP contribution in [0, 0.1) is 5.82 Å². The van der Waals surface area contributed by atoms with E-state index in [1.54, 1.807) is 12.1 Å². The van der Waals surface area contributed by atoms with Crippen molar-refractivity contribution < 1.29 is 9.18 Å². The summed E-state index contributed by atoms with van der Waals surface area (Å²) in [4.78, 5) is 17.2. The van der Waals surface area contributed by atoms with E-state index in [4.69, 9.17) is 0 Å². The molecule has 0 aromatic heterocycles. The highest BCUT2D eigenvalue weighted by molar-refractivity contribution is 5.85. The van der Waals surface area contributed by atoms with E-state index in [1.165, 1.54) is 23.3 Å². The molecular weight excluding hydrogens is 451 g/mol. The van der Waals surface area contributed by atoms with Gasteiger partial charge in [-0.1, -0.05) is 24.3 Å². The highest BCUT2D eigenvalue weighted by Gasteiger charge is 2.23. The molecule has 7 heteroatoms. The fraction of sp³-hybridized carbons (Fsp3) is 0.519. The van der Waals surface area contributed by atoms with E-state index < -0.39 is 0 Å². The summed E-state index contributed by atoms with van der Waals surface area (Å²) < 4.78 is 13.1. The molecule has 1 amide bonds. The number of piperazine rings is 1. The summed E-state index contributed by atoms with van der Waals surface area (Å²) in [7, 11) is 0. The van der Waals surface area contributed by atoms with Crippen LogP contribution in [0.15, 0.2) is 48.5 Å². The Balaban J connectivity index is 0.00000324. The Morgan fingerprint density at radius 2 is 1.56 bits per heavy atom. The lowest BCUT2D eigenvalue weighted by Gasteiger charge is -2.36. The highest BCUT2D eigenvalue weighted by atomic mass is 35.5. The first-order valence-corrected chi connectivity index (χ1v) is 12.3. The number of hydrogen-bond acceptors (Lipinski definition) is 4. The van der Waals surface area contributed by atoms with Gasteiger partial charge in [-0.15, -0.1) is 12.4 Å². The molecule has 2 aliphatic heterocycles. The van der Waals surface area contributed by atoms with Crippen LogP contribution in [0.3, 0.4) is 0 Å². The van der Waals surface area contributed by atoms with E-state index in [9.17, 15) is 9.18 Å². The van der Waals surface area contributed by atoms with Crippen molar-refractivity contribution in [1.82, 2.24) is 15.1 Å². The molecule has 2 aromatic carbocycles. The number of piperidine rings is 1. The zero-order valence-corrected chi connectivity index (χ0v) is 21.1. The van der Waals surface area contributed by atoms with Gasteiger partial charge in [-0.2, -0.15) is 0 Å². The van der Waals surface area contributed by atoms with Gasteiger partial charge < -0.3 is 15.5 Å². The smallest absolute Gasteiger partial charge is 0.222 e. The van der Waals surface area contributed by atoms with Crippen LogP contribution < -0.4 is 10.6 Å². The third-order valence-electron chi connectivity index (χ3n) is 6.75. The Morgan fingerprint density at radius 3 is 2.18 bits per heavy atom. The van der Waals surface area contributed by atoms with E-state index in [2.05, 4.69) is 53.6 Å². The molecule has 0 unspecified atom stereocenters. The second-order valence-corrected chi connectivity index (χ2v) is 9.79. The Kier molecular flexibility index (Phi) is 9.74. The van der Waals surface area contributed by atoms with E-state index in [1.807, 2.05) is 4.90 Å². The lowest BCUT2D eigenvalue weighted by Crippen LogP contribution is -2.53. The maximum Gasteiger partial charge on any atom is 0.222 e. The number of carbonyl (C=O) groups excluding carboxylic acids is 1. The van der Waals surface area contributed by atoms with Gasteiger partial charge in [-0.25, -0.2) is 4.39 Å². The van der Waals surface area contributed by atoms with Crippen LogP contribution in [-0.2, 0) is 17.8 Å². The van der Waals surface area contributed by atoms with E-state index in [0.29, 0.717) is 24.5 Å². The van der Waals surface area contributed by atoms with Gasteiger partial charge in [0.25, 0.3) is 0 Å². The van der Waals surface area contributed by atoms with Gasteiger partial charge in [0.15, 0.2) is 0 Å². The molecule has 4 rings (SSSR count). The van der Waals surface area contributed by atoms with Crippen molar-refractivity contribution in [2.45, 2.75) is 64.2 Å². The lowest BCUT2D eigenvalue weighted by molar-refractivity contribution is -0.132. The Morgan fingerprint density at radius 1 is 0.971 bits per heavy atom. The van der Waals surface area contributed by atoms with Crippen LogP contribution in [0.2, 0.25) is 0 Å². The third-order valence-corrected chi connectivity index (χ3v) is 6.75. The number of benzene rings is 2. The number of rotatable bonds is 7. The quantitative estimate of drug-likeness (QED) is 0.604. The van der Waals surface area contributed by atoms with Crippen molar-refractivity contribution in [3.8, 4) is 0 Å². The second kappa shape index (κ2) is 12.5. The van der Waals surface area contributed by atoms with Gasteiger partial charge in [0.1, 0.15) is 5.82 Å². The summed E-state index contributed by atoms with van der Waals surface area (Å²) in [6.07, 6.45) is 3.18. The standard InChI is InChI=1S/C27H37FN4O.ClH/c1-20-17-31(18-21(2)29-20)19-23-5-3-22(4-6-23)7-12-27(33)32-15-13-26(14-16-32)30-25-10-8-24(28)9-11-25;/h3-6,8-11,20-21,26,29-30H,7,12-19H2,1-2H3;1H/t20-,21+;. The topological polar surface area (TPSA) is 47.6 Å². The minimum Gasteiger partial charge on any atom is -0.382 e. The number of nitrogens with one attached hydrogen (secondary N) is 2. The predicted octanol–water partition coefficient (Wildman–Crippen LogP) is 4.47. The minimum absolute atomic E-state index is 0. The first kappa shape index (κ1) is 26.5. The van der Waals surface area contributed by atoms with E-state index >= 15 is 0 Å². The van der Waals surface area contributed by atoms with Gasteiger partial charge in [0.2, 0.25) is 5.91 Å². The molecule has 186 valence electrons. The first-order chi connectivity index (χ1) is 15.9. The monoisotopic (exact) mass is 488 g/mol. The predicted molar refractivity (Wildman–Crippen MR) is 139 cm³/mol. The molecule has 2 atom stereocenters. The summed E-state index contributed by atoms with van der Waals surface area (Å²) in [5.74, 6) is 0.0162. The Labute approximate surface area is 209 Å². The number of halogens is 2. The highest BCUT2D eigenvalue weighted by Crippen LogP contribution is 2.18. The number of aryl methyl sites for hydroxylation is 1. The molecule has 2 aromatic rings. The van der Waals surface area contributed by atoms with Crippen molar-refractivity contribution in [2.75, 3.05) is 31.5 Å². The van der Waals surface area contributed by atoms with Crippen LogP contribution >= 0.6 is 12.4 Å². The molecule has 0 radical (unpaired) electrons. The molecule has 0 aliphatic carbocycles. The van der Waals surface area contributed by atoms with Crippen LogP contribution in [-0.4, -0.2) is 60.0 Å². The first-order valence-electron chi connectivity index (χ1n) is 12.3. The number of hydrogen-bond donors (Lipinski definition) is 2. The van der Waals surface area contributed by atoms with Gasteiger partial charge in [-0.3, -0.25) is 9.69 Å². The Hall–Kier alpha value is -2.15. The maximum absolute atomic E-state index is 13.1. The normalized spacial score (nSPS) is 21.7. The minimum atomic E-state index is -0.223. The van der Waals surface area contributed by atoms with E-state index in [0.717, 1.165) is 57.7 Å². The zero-order valence-electron chi connectivity index (χ0n) is 20.3. The molecular formula is C27H38ClFN4O. The van der Waals surface area contributed by atoms with Crippen molar-refractivity contribution in [1.29, 1.82) is 0 Å². The Bertz CT molecular complexity index is 890. The number of carbonyl (C=O) groups is 1. The fourth-order valence-corrected chi connectivity index (χ4v) is 5.10. The van der Waals surface area contributed by atoms with Crippen LogP contribution in [0.25, 0.3) is 0 Å². The zero-order chi connectivity index (χ0) is 23.2. The number of amides is 1. The third kappa shape index (κ3) is 7.69. The van der Waals surface area contributed by atoms with E-state index in [-0.39, 0.29) is 24.1 Å². The summed E-state index contributed by atoms with van der Waals surface area (Å²) >= 11 is 0. The molecule has 34 heavy (non-hydrogen) atoms. The lowest BCUT2D eigenvalue weighted by atomic mass is 10.0. The molecule has 0 bridgehead atoms. The number of anilines is 1. The average molecular weight is 489 g/mol.